The molecule has 0 aliphatic heterocycles. The van der Waals surface area contributed by atoms with Crippen molar-refractivity contribution in [2.24, 2.45) is 5.92 Å². The number of unbranched alkanes of at least 4 members (excludes halogenated alkanes) is 1. The summed E-state index contributed by atoms with van der Waals surface area (Å²) in [4.78, 5) is 0. The predicted octanol–water partition coefficient (Wildman–Crippen LogP) is 3.65. The van der Waals surface area contributed by atoms with Gasteiger partial charge in [0, 0.05) is 0 Å². The smallest absolute Gasteiger partial charge is 0.118 e. The van der Waals surface area contributed by atoms with Crippen molar-refractivity contribution >= 4 is 0 Å². The van der Waals surface area contributed by atoms with Gasteiger partial charge in [0.1, 0.15) is 5.75 Å². The molecule has 1 atom stereocenters. The molecule has 18 heavy (non-hydrogen) atoms. The van der Waals surface area contributed by atoms with Crippen LogP contribution in [0, 0.1) is 5.92 Å². The number of ether oxygens (including phenoxy) is 1. The van der Waals surface area contributed by atoms with Crippen molar-refractivity contribution in [2.75, 3.05) is 7.11 Å². The lowest BCUT2D eigenvalue weighted by atomic mass is 9.84. The summed E-state index contributed by atoms with van der Waals surface area (Å²) in [7, 11) is 1.66. The maximum atomic E-state index is 10.9. The number of hydrogen-bond donors (Lipinski definition) is 1. The van der Waals surface area contributed by atoms with E-state index in [0.717, 1.165) is 43.4 Å². The van der Waals surface area contributed by atoms with Crippen molar-refractivity contribution in [3.63, 3.8) is 0 Å². The van der Waals surface area contributed by atoms with Gasteiger partial charge in [0.05, 0.1) is 12.7 Å². The van der Waals surface area contributed by atoms with E-state index >= 15 is 0 Å². The summed E-state index contributed by atoms with van der Waals surface area (Å²) < 4.78 is 5.16. The highest BCUT2D eigenvalue weighted by Gasteiger charge is 2.44. The normalized spacial score (nSPS) is 18.1. The van der Waals surface area contributed by atoms with Crippen molar-refractivity contribution < 1.29 is 9.84 Å². The first kappa shape index (κ1) is 13.2. The third-order valence-corrected chi connectivity index (χ3v) is 3.81. The van der Waals surface area contributed by atoms with E-state index < -0.39 is 5.60 Å². The Kier molecular flexibility index (Phi) is 4.07. The van der Waals surface area contributed by atoms with E-state index in [4.69, 9.17) is 4.74 Å². The molecule has 1 unspecified atom stereocenters. The van der Waals surface area contributed by atoms with Gasteiger partial charge in [-0.1, -0.05) is 18.2 Å². The number of hydrogen-bond acceptors (Lipinski definition) is 2. The molecule has 1 fully saturated rings. The highest BCUT2D eigenvalue weighted by Crippen LogP contribution is 2.48. The van der Waals surface area contributed by atoms with Gasteiger partial charge in [0.15, 0.2) is 0 Å². The zero-order valence-corrected chi connectivity index (χ0v) is 11.1. The fourth-order valence-corrected chi connectivity index (χ4v) is 2.54. The molecule has 2 heteroatoms. The molecule has 0 radical (unpaired) electrons. The summed E-state index contributed by atoms with van der Waals surface area (Å²) in [6.07, 6.45) is 6.96. The Morgan fingerprint density at radius 2 is 2.06 bits per heavy atom. The Balaban J connectivity index is 2.14. The summed E-state index contributed by atoms with van der Waals surface area (Å²) in [6.45, 7) is 3.74. The van der Waals surface area contributed by atoms with Gasteiger partial charge in [-0.15, -0.1) is 6.58 Å². The molecule has 1 saturated carbocycles. The second-order valence-corrected chi connectivity index (χ2v) is 5.11. The molecule has 0 amide bonds. The first-order valence-corrected chi connectivity index (χ1v) is 6.68. The molecular weight excluding hydrogens is 224 g/mol. The highest BCUT2D eigenvalue weighted by atomic mass is 16.5. The number of methoxy groups -OCH3 is 1. The molecule has 2 nitrogen and oxygen atoms in total. The molecule has 0 saturated heterocycles. The molecule has 0 bridgehead atoms. The topological polar surface area (TPSA) is 29.5 Å². The average Bonchev–Trinajstić information content (AvgIpc) is 3.23. The quantitative estimate of drug-likeness (QED) is 0.588. The van der Waals surface area contributed by atoms with Crippen molar-refractivity contribution in [1.82, 2.24) is 0 Å². The van der Waals surface area contributed by atoms with Crippen LogP contribution in [0.25, 0.3) is 0 Å². The second kappa shape index (κ2) is 5.57. The summed E-state index contributed by atoms with van der Waals surface area (Å²) in [5.74, 6) is 1.26. The molecular formula is C16H22O2. The minimum Gasteiger partial charge on any atom is -0.497 e. The van der Waals surface area contributed by atoms with E-state index in [9.17, 15) is 5.11 Å². The fraction of sp³-hybridized carbons (Fsp3) is 0.500. The molecule has 1 aromatic carbocycles. The maximum absolute atomic E-state index is 10.9. The van der Waals surface area contributed by atoms with Crippen LogP contribution >= 0.6 is 0 Å². The first-order valence-electron chi connectivity index (χ1n) is 6.68. The van der Waals surface area contributed by atoms with Crippen LogP contribution in [0.5, 0.6) is 5.75 Å². The monoisotopic (exact) mass is 246 g/mol. The van der Waals surface area contributed by atoms with Gasteiger partial charge in [-0.05, 0) is 55.7 Å². The zero-order chi connectivity index (χ0) is 13.0. The van der Waals surface area contributed by atoms with Crippen LogP contribution in [0.15, 0.2) is 36.9 Å². The third kappa shape index (κ3) is 2.75. The third-order valence-electron chi connectivity index (χ3n) is 3.81. The minimum absolute atomic E-state index is 0.427. The lowest BCUT2D eigenvalue weighted by Crippen LogP contribution is -2.28. The molecule has 1 N–H and O–H groups in total. The maximum Gasteiger partial charge on any atom is 0.118 e. The lowest BCUT2D eigenvalue weighted by molar-refractivity contribution is 0.00241. The largest absolute Gasteiger partial charge is 0.497 e. The summed E-state index contributed by atoms with van der Waals surface area (Å²) in [5, 5.41) is 10.9. The van der Waals surface area contributed by atoms with Crippen molar-refractivity contribution in [3.8, 4) is 5.75 Å². The molecule has 0 aromatic heterocycles. The van der Waals surface area contributed by atoms with Gasteiger partial charge in [-0.25, -0.2) is 0 Å². The first-order chi connectivity index (χ1) is 8.70. The standard InChI is InChI=1S/C16H22O2/c1-3-4-5-12-16(17,13-6-7-13)14-8-10-15(18-2)11-9-14/h3,8-11,13,17H,1,4-7,12H2,2H3. The number of aliphatic hydroxyl groups is 1. The average molecular weight is 246 g/mol. The van der Waals surface area contributed by atoms with Crippen molar-refractivity contribution in [1.29, 1.82) is 0 Å². The van der Waals surface area contributed by atoms with E-state index in [2.05, 4.69) is 6.58 Å². The zero-order valence-electron chi connectivity index (χ0n) is 11.1. The molecule has 2 rings (SSSR count). The Labute approximate surface area is 109 Å². The van der Waals surface area contributed by atoms with Crippen LogP contribution < -0.4 is 4.74 Å². The van der Waals surface area contributed by atoms with Crippen LogP contribution in [-0.2, 0) is 5.60 Å². The predicted molar refractivity (Wildman–Crippen MR) is 73.7 cm³/mol. The minimum atomic E-state index is -0.657. The van der Waals surface area contributed by atoms with Crippen LogP contribution in [0.1, 0.15) is 37.7 Å². The van der Waals surface area contributed by atoms with E-state index in [1.807, 2.05) is 30.3 Å². The fourth-order valence-electron chi connectivity index (χ4n) is 2.54. The van der Waals surface area contributed by atoms with E-state index in [-0.39, 0.29) is 0 Å². The van der Waals surface area contributed by atoms with Gasteiger partial charge >= 0.3 is 0 Å². The molecule has 0 spiro atoms. The Hall–Kier alpha value is -1.28. The number of allylic oxidation sites excluding steroid dienone is 1. The van der Waals surface area contributed by atoms with Crippen molar-refractivity contribution in [2.45, 2.75) is 37.7 Å². The number of benzene rings is 1. The lowest BCUT2D eigenvalue weighted by Gasteiger charge is -2.29. The van der Waals surface area contributed by atoms with Crippen LogP contribution in [0.2, 0.25) is 0 Å². The van der Waals surface area contributed by atoms with Crippen LogP contribution in [0.3, 0.4) is 0 Å². The van der Waals surface area contributed by atoms with Gasteiger partial charge in [0.2, 0.25) is 0 Å². The Bertz CT molecular complexity index is 392. The molecule has 1 aromatic rings. The van der Waals surface area contributed by atoms with Crippen LogP contribution in [-0.4, -0.2) is 12.2 Å². The van der Waals surface area contributed by atoms with Gasteiger partial charge in [0.25, 0.3) is 0 Å². The molecule has 1 aliphatic rings. The number of rotatable bonds is 7. The summed E-state index contributed by atoms with van der Waals surface area (Å²) in [6, 6.07) is 7.84. The summed E-state index contributed by atoms with van der Waals surface area (Å²) in [5.41, 5.74) is 0.366. The SMILES string of the molecule is C=CCCCC(O)(c1ccc(OC)cc1)C1CC1. The van der Waals surface area contributed by atoms with Gasteiger partial charge < -0.3 is 9.84 Å². The molecule has 98 valence electrons. The Morgan fingerprint density at radius 1 is 1.39 bits per heavy atom. The molecule has 0 heterocycles. The Morgan fingerprint density at radius 3 is 2.56 bits per heavy atom. The van der Waals surface area contributed by atoms with E-state index in [1.54, 1.807) is 7.11 Å². The van der Waals surface area contributed by atoms with Crippen LogP contribution in [0.4, 0.5) is 0 Å². The highest BCUT2D eigenvalue weighted by molar-refractivity contribution is 5.32. The van der Waals surface area contributed by atoms with E-state index in [0.29, 0.717) is 5.92 Å². The van der Waals surface area contributed by atoms with Gasteiger partial charge in [-0.3, -0.25) is 0 Å². The summed E-state index contributed by atoms with van der Waals surface area (Å²) >= 11 is 0. The van der Waals surface area contributed by atoms with Gasteiger partial charge in [-0.2, -0.15) is 0 Å². The van der Waals surface area contributed by atoms with Crippen molar-refractivity contribution in [3.05, 3.63) is 42.5 Å². The van der Waals surface area contributed by atoms with E-state index in [1.165, 1.54) is 0 Å². The second-order valence-electron chi connectivity index (χ2n) is 5.11. The molecule has 1 aliphatic carbocycles.